The van der Waals surface area contributed by atoms with Gasteiger partial charge in [-0.2, -0.15) is 0 Å². The number of carbonyl (C=O) groups excluding carboxylic acids is 2. The summed E-state index contributed by atoms with van der Waals surface area (Å²) in [7, 11) is 2.11. The van der Waals surface area contributed by atoms with Crippen LogP contribution < -0.4 is 0 Å². The van der Waals surface area contributed by atoms with Gasteiger partial charge in [0.2, 0.25) is 0 Å². The number of H-pyrrole nitrogens is 1. The van der Waals surface area contributed by atoms with Crippen molar-refractivity contribution in [1.82, 2.24) is 24.6 Å². The van der Waals surface area contributed by atoms with Crippen LogP contribution in [-0.4, -0.2) is 94.0 Å². The predicted molar refractivity (Wildman–Crippen MR) is 138 cm³/mol. The molecule has 3 aromatic rings. The molecule has 194 valence electrons. The Morgan fingerprint density at radius 3 is 2.65 bits per heavy atom. The molecule has 1 unspecified atom stereocenters. The Kier molecular flexibility index (Phi) is 6.09. The molecule has 0 radical (unpaired) electrons. The van der Waals surface area contributed by atoms with Crippen LogP contribution >= 0.6 is 11.6 Å². The van der Waals surface area contributed by atoms with Gasteiger partial charge >= 0.3 is 6.03 Å². The molecule has 3 aliphatic rings. The standard InChI is InChI=1S/C27H29ClFN5O3/c1-31-8-10-32(11-9-31)6-3-7-33-26(36)23-14-19-18-13-20(28)21(29)15-22(18)30-24(19)25(34(23)27(33)37)16-4-2-5-17(35)12-16/h2,4-5,12-13,15,23,25,30,35H,3,6-11,14H2,1H3/t23-,25?/m0/s1. The van der Waals surface area contributed by atoms with E-state index in [1.165, 1.54) is 11.0 Å². The van der Waals surface area contributed by atoms with Crippen LogP contribution in [0.4, 0.5) is 9.18 Å². The Morgan fingerprint density at radius 1 is 1.11 bits per heavy atom. The number of fused-ring (bicyclic) bond motifs is 4. The van der Waals surface area contributed by atoms with E-state index in [0.29, 0.717) is 36.2 Å². The normalized spacial score (nSPS) is 22.7. The number of urea groups is 1. The molecule has 0 spiro atoms. The second kappa shape index (κ2) is 9.31. The van der Waals surface area contributed by atoms with Gasteiger partial charge in [-0.05, 0) is 55.4 Å². The second-order valence-electron chi connectivity index (χ2n) is 10.2. The fourth-order valence-corrected chi connectivity index (χ4v) is 6.11. The Labute approximate surface area is 219 Å². The third-order valence-corrected chi connectivity index (χ3v) is 8.20. The van der Waals surface area contributed by atoms with Crippen molar-refractivity contribution in [3.63, 3.8) is 0 Å². The smallest absolute Gasteiger partial charge is 0.328 e. The number of phenolic OH excluding ortho intramolecular Hbond substituents is 1. The summed E-state index contributed by atoms with van der Waals surface area (Å²) in [5.41, 5.74) is 2.78. The average molecular weight is 526 g/mol. The van der Waals surface area contributed by atoms with Gasteiger partial charge in [-0.1, -0.05) is 23.7 Å². The number of carbonyl (C=O) groups is 2. The summed E-state index contributed by atoms with van der Waals surface area (Å²) in [6.07, 6.45) is 1.02. The van der Waals surface area contributed by atoms with Crippen molar-refractivity contribution in [2.24, 2.45) is 0 Å². The van der Waals surface area contributed by atoms with Crippen molar-refractivity contribution in [3.8, 4) is 5.75 Å². The highest BCUT2D eigenvalue weighted by Gasteiger charge is 2.52. The van der Waals surface area contributed by atoms with Crippen LogP contribution in [0.25, 0.3) is 10.9 Å². The molecule has 0 aliphatic carbocycles. The third-order valence-electron chi connectivity index (χ3n) is 7.91. The summed E-state index contributed by atoms with van der Waals surface area (Å²) in [6.45, 7) is 5.19. The summed E-state index contributed by atoms with van der Waals surface area (Å²) in [5, 5.41) is 10.9. The maximum atomic E-state index is 14.2. The number of nitrogens with one attached hydrogen (secondary N) is 1. The predicted octanol–water partition coefficient (Wildman–Crippen LogP) is 3.58. The quantitative estimate of drug-likeness (QED) is 0.498. The SMILES string of the molecule is CN1CCN(CCCN2C(=O)[C@@H]3Cc4c([nH]c5cc(F)c(Cl)cc45)C(c4cccc(O)c4)N3C2=O)CC1. The highest BCUT2D eigenvalue weighted by molar-refractivity contribution is 6.31. The first-order chi connectivity index (χ1) is 17.8. The topological polar surface area (TPSA) is 83.1 Å². The Bertz CT molecular complexity index is 1390. The van der Waals surface area contributed by atoms with Crippen LogP contribution in [0.15, 0.2) is 36.4 Å². The van der Waals surface area contributed by atoms with Gasteiger partial charge in [-0.3, -0.25) is 14.6 Å². The molecule has 6 rings (SSSR count). The molecule has 4 heterocycles. The van der Waals surface area contributed by atoms with Gasteiger partial charge in [0.1, 0.15) is 23.7 Å². The minimum atomic E-state index is -0.682. The Balaban J connectivity index is 1.33. The third kappa shape index (κ3) is 4.15. The highest BCUT2D eigenvalue weighted by Crippen LogP contribution is 2.45. The van der Waals surface area contributed by atoms with Gasteiger partial charge in [0, 0.05) is 55.7 Å². The van der Waals surface area contributed by atoms with Crippen molar-refractivity contribution in [3.05, 3.63) is 64.1 Å². The first kappa shape index (κ1) is 24.2. The first-order valence-electron chi connectivity index (χ1n) is 12.6. The van der Waals surface area contributed by atoms with Gasteiger partial charge in [0.25, 0.3) is 5.91 Å². The summed E-state index contributed by atoms with van der Waals surface area (Å²) < 4.78 is 14.2. The molecular formula is C27H29ClFN5O3. The van der Waals surface area contributed by atoms with Crippen molar-refractivity contribution in [2.75, 3.05) is 46.3 Å². The molecule has 3 aliphatic heterocycles. The fraction of sp³-hybridized carbons (Fsp3) is 0.407. The average Bonchev–Trinajstić information content (AvgIpc) is 3.33. The van der Waals surface area contributed by atoms with Crippen LogP contribution in [-0.2, 0) is 11.2 Å². The number of imide groups is 1. The lowest BCUT2D eigenvalue weighted by Crippen LogP contribution is -2.45. The number of aromatic hydroxyl groups is 1. The zero-order chi connectivity index (χ0) is 25.8. The summed E-state index contributed by atoms with van der Waals surface area (Å²) in [5.74, 6) is -0.698. The Morgan fingerprint density at radius 2 is 1.89 bits per heavy atom. The number of aromatic nitrogens is 1. The lowest BCUT2D eigenvalue weighted by atomic mass is 9.89. The van der Waals surface area contributed by atoms with E-state index in [9.17, 15) is 19.1 Å². The van der Waals surface area contributed by atoms with E-state index in [4.69, 9.17) is 11.6 Å². The number of hydrogen-bond acceptors (Lipinski definition) is 5. The lowest BCUT2D eigenvalue weighted by molar-refractivity contribution is -0.128. The number of hydrogen-bond donors (Lipinski definition) is 2. The molecule has 10 heteroatoms. The van der Waals surface area contributed by atoms with Crippen LogP contribution in [0.2, 0.25) is 5.02 Å². The second-order valence-corrected chi connectivity index (χ2v) is 10.6. The van der Waals surface area contributed by atoms with Crippen molar-refractivity contribution < 1.29 is 19.1 Å². The lowest BCUT2D eigenvalue weighted by Gasteiger charge is -2.36. The molecule has 8 nitrogen and oxygen atoms in total. The molecule has 37 heavy (non-hydrogen) atoms. The van der Waals surface area contributed by atoms with Crippen LogP contribution in [0.5, 0.6) is 5.75 Å². The zero-order valence-electron chi connectivity index (χ0n) is 20.6. The van der Waals surface area contributed by atoms with Crippen molar-refractivity contribution in [2.45, 2.75) is 24.9 Å². The summed E-state index contributed by atoms with van der Waals surface area (Å²) >= 11 is 6.11. The molecule has 2 atom stereocenters. The minimum absolute atomic E-state index is 0.00462. The number of nitrogens with zero attached hydrogens (tertiary/aromatic N) is 4. The number of rotatable bonds is 5. The molecule has 1 aromatic heterocycles. The molecule has 2 fully saturated rings. The van der Waals surface area contributed by atoms with E-state index in [-0.39, 0.29) is 22.7 Å². The van der Waals surface area contributed by atoms with E-state index in [2.05, 4.69) is 21.8 Å². The van der Waals surface area contributed by atoms with E-state index in [0.717, 1.165) is 43.7 Å². The summed E-state index contributed by atoms with van der Waals surface area (Å²) in [4.78, 5) is 38.3. The number of amides is 3. The maximum absolute atomic E-state index is 14.2. The number of phenols is 1. The van der Waals surface area contributed by atoms with Crippen molar-refractivity contribution in [1.29, 1.82) is 0 Å². The van der Waals surface area contributed by atoms with Gasteiger partial charge in [-0.25, -0.2) is 9.18 Å². The van der Waals surface area contributed by atoms with Gasteiger partial charge in [-0.15, -0.1) is 0 Å². The van der Waals surface area contributed by atoms with Gasteiger partial charge in [0.15, 0.2) is 0 Å². The zero-order valence-corrected chi connectivity index (χ0v) is 21.3. The van der Waals surface area contributed by atoms with E-state index in [1.54, 1.807) is 29.2 Å². The van der Waals surface area contributed by atoms with E-state index in [1.807, 2.05) is 6.07 Å². The summed E-state index contributed by atoms with van der Waals surface area (Å²) in [6, 6.07) is 7.97. The largest absolute Gasteiger partial charge is 0.508 e. The molecule has 3 amide bonds. The van der Waals surface area contributed by atoms with Crippen molar-refractivity contribution >= 4 is 34.4 Å². The molecular weight excluding hydrogens is 497 g/mol. The number of piperazine rings is 1. The van der Waals surface area contributed by atoms with E-state index < -0.39 is 17.9 Å². The number of aromatic amines is 1. The van der Waals surface area contributed by atoms with E-state index >= 15 is 0 Å². The number of benzene rings is 2. The van der Waals surface area contributed by atoms with Crippen LogP contribution in [0.1, 0.15) is 29.3 Å². The minimum Gasteiger partial charge on any atom is -0.508 e. The molecule has 2 N–H and O–H groups in total. The fourth-order valence-electron chi connectivity index (χ4n) is 5.95. The maximum Gasteiger partial charge on any atom is 0.328 e. The monoisotopic (exact) mass is 525 g/mol. The molecule has 2 saturated heterocycles. The van der Waals surface area contributed by atoms with Crippen LogP contribution in [0, 0.1) is 5.82 Å². The Hall–Kier alpha value is -3.14. The highest BCUT2D eigenvalue weighted by atomic mass is 35.5. The first-order valence-corrected chi connectivity index (χ1v) is 13.0. The van der Waals surface area contributed by atoms with Gasteiger partial charge < -0.3 is 19.9 Å². The van der Waals surface area contributed by atoms with Gasteiger partial charge in [0.05, 0.1) is 5.02 Å². The van der Waals surface area contributed by atoms with Crippen LogP contribution in [0.3, 0.4) is 0 Å². The number of halogens is 2. The molecule has 0 bridgehead atoms. The molecule has 2 aromatic carbocycles. The number of likely N-dealkylation sites (N-methyl/N-ethyl adjacent to an activating group) is 1. The molecule has 0 saturated carbocycles.